The van der Waals surface area contributed by atoms with E-state index in [1.807, 2.05) is 36.4 Å². The smallest absolute Gasteiger partial charge is 0.228 e. The number of hydrogen-bond acceptors (Lipinski definition) is 6. The van der Waals surface area contributed by atoms with Gasteiger partial charge in [0.25, 0.3) is 0 Å². The second-order valence-electron chi connectivity index (χ2n) is 7.45. The second-order valence-corrected chi connectivity index (χ2v) is 7.45. The summed E-state index contributed by atoms with van der Waals surface area (Å²) < 4.78 is 10.2. The first-order chi connectivity index (χ1) is 15.4. The molecule has 0 radical (unpaired) electrons. The van der Waals surface area contributed by atoms with E-state index in [0.29, 0.717) is 37.0 Å². The molecule has 1 N–H and O–H groups in total. The van der Waals surface area contributed by atoms with E-state index in [0.717, 1.165) is 16.7 Å². The van der Waals surface area contributed by atoms with E-state index in [9.17, 15) is 14.4 Å². The Balaban J connectivity index is 1.58. The van der Waals surface area contributed by atoms with Crippen molar-refractivity contribution in [2.24, 2.45) is 0 Å². The molecule has 0 fully saturated rings. The molecule has 0 atom stereocenters. The van der Waals surface area contributed by atoms with Crippen LogP contribution in [0.2, 0.25) is 0 Å². The number of hydrogen-bond donors (Lipinski definition) is 1. The highest BCUT2D eigenvalue weighted by atomic mass is 16.5. The maximum atomic E-state index is 12.8. The van der Waals surface area contributed by atoms with E-state index >= 15 is 0 Å². The van der Waals surface area contributed by atoms with Gasteiger partial charge in [0.2, 0.25) is 29.0 Å². The maximum Gasteiger partial charge on any atom is 0.228 e. The number of Topliss-reactive ketones (excluding diaryl/α,β-unsaturated/α-hetero) is 2. The molecule has 0 saturated heterocycles. The molecule has 1 aromatic carbocycles. The van der Waals surface area contributed by atoms with Gasteiger partial charge in [0.1, 0.15) is 0 Å². The Morgan fingerprint density at radius 3 is 2.09 bits per heavy atom. The van der Waals surface area contributed by atoms with Crippen LogP contribution in [0.1, 0.15) is 30.0 Å². The Kier molecular flexibility index (Phi) is 7.54. The van der Waals surface area contributed by atoms with Crippen molar-refractivity contribution in [3.63, 3.8) is 0 Å². The van der Waals surface area contributed by atoms with Crippen molar-refractivity contribution in [1.29, 1.82) is 0 Å². The first kappa shape index (κ1) is 22.9. The van der Waals surface area contributed by atoms with Crippen LogP contribution < -0.4 is 5.32 Å². The zero-order valence-electron chi connectivity index (χ0n) is 18.4. The lowest BCUT2D eigenvalue weighted by Gasteiger charge is -2.20. The van der Waals surface area contributed by atoms with Crippen LogP contribution in [0, 0.1) is 0 Å². The molecule has 1 amide bonds. The summed E-state index contributed by atoms with van der Waals surface area (Å²) in [4.78, 5) is 41.3. The predicted octanol–water partition coefficient (Wildman–Crippen LogP) is 2.85. The fourth-order valence-electron chi connectivity index (χ4n) is 3.48. The third-order valence-corrected chi connectivity index (χ3v) is 5.38. The zero-order chi connectivity index (χ0) is 23.1. The summed E-state index contributed by atoms with van der Waals surface area (Å²) in [6.07, 6.45) is 4.69. The van der Waals surface area contributed by atoms with E-state index in [1.165, 1.54) is 14.2 Å². The van der Waals surface area contributed by atoms with Gasteiger partial charge in [0.05, 0.1) is 14.2 Å². The average molecular weight is 434 g/mol. The number of carbonyl (C=O) groups excluding carboxylic acids is 3. The summed E-state index contributed by atoms with van der Waals surface area (Å²) >= 11 is 0. The van der Waals surface area contributed by atoms with Gasteiger partial charge in [-0.3, -0.25) is 19.4 Å². The number of methoxy groups -OCH3 is 2. The fourth-order valence-corrected chi connectivity index (χ4v) is 3.48. The van der Waals surface area contributed by atoms with Gasteiger partial charge in [0, 0.05) is 42.9 Å². The Labute approximate surface area is 187 Å². The fraction of sp³-hybridized carbons (Fsp3) is 0.280. The largest absolute Gasteiger partial charge is 0.489 e. The quantitative estimate of drug-likeness (QED) is 0.610. The Morgan fingerprint density at radius 1 is 0.875 bits per heavy atom. The number of nitrogens with one attached hydrogen (secondary N) is 1. The summed E-state index contributed by atoms with van der Waals surface area (Å²) in [6, 6.07) is 11.4. The summed E-state index contributed by atoms with van der Waals surface area (Å²) in [5, 5.41) is 2.90. The number of ketones is 2. The molecule has 1 aliphatic carbocycles. The van der Waals surface area contributed by atoms with Crippen LogP contribution in [0.3, 0.4) is 0 Å². The number of aromatic nitrogens is 1. The van der Waals surface area contributed by atoms with Crippen molar-refractivity contribution in [2.75, 3.05) is 14.2 Å². The van der Waals surface area contributed by atoms with Gasteiger partial charge in [-0.2, -0.15) is 0 Å². The molecule has 0 bridgehead atoms. The van der Waals surface area contributed by atoms with Crippen LogP contribution in [-0.2, 0) is 43.2 Å². The number of benzene rings is 1. The number of carbonyl (C=O) groups is 3. The molecule has 166 valence electrons. The molecule has 7 nitrogen and oxygen atoms in total. The van der Waals surface area contributed by atoms with Crippen molar-refractivity contribution < 1.29 is 23.9 Å². The van der Waals surface area contributed by atoms with Gasteiger partial charge >= 0.3 is 0 Å². The van der Waals surface area contributed by atoms with Crippen molar-refractivity contribution >= 4 is 17.5 Å². The van der Waals surface area contributed by atoms with Gasteiger partial charge in [0.15, 0.2) is 0 Å². The highest BCUT2D eigenvalue weighted by Gasteiger charge is 2.34. The summed E-state index contributed by atoms with van der Waals surface area (Å²) in [6.45, 7) is 2.10. The van der Waals surface area contributed by atoms with E-state index < -0.39 is 0 Å². The Hall–Kier alpha value is -3.74. The number of amides is 1. The minimum absolute atomic E-state index is 0.0224. The van der Waals surface area contributed by atoms with Crippen molar-refractivity contribution in [3.8, 4) is 0 Å². The molecule has 7 heteroatoms. The standard InChI is InChI=1S/C25H26N2O5/c1-16-20(23(30)25(32-3)24(31-2)22(16)29)14-18-6-4-17(5-7-18)8-9-21(28)27-15-19-10-12-26-13-11-19/h4-7,10-13H,8-9,14-15H2,1-3H3,(H,27,28). The zero-order valence-corrected chi connectivity index (χ0v) is 18.4. The third kappa shape index (κ3) is 5.29. The second kappa shape index (κ2) is 10.5. The van der Waals surface area contributed by atoms with Crippen LogP contribution in [0.5, 0.6) is 0 Å². The Bertz CT molecular complexity index is 1070. The molecule has 0 aliphatic heterocycles. The summed E-state index contributed by atoms with van der Waals surface area (Å²) in [5.74, 6) is -0.820. The molecular formula is C25H26N2O5. The molecule has 2 aromatic rings. The molecule has 1 heterocycles. The van der Waals surface area contributed by atoms with Crippen LogP contribution in [0.25, 0.3) is 0 Å². The molecular weight excluding hydrogens is 408 g/mol. The van der Waals surface area contributed by atoms with E-state index in [2.05, 4.69) is 10.3 Å². The lowest BCUT2D eigenvalue weighted by atomic mass is 9.88. The predicted molar refractivity (Wildman–Crippen MR) is 118 cm³/mol. The topological polar surface area (TPSA) is 94.6 Å². The molecule has 3 rings (SSSR count). The summed E-state index contributed by atoms with van der Waals surface area (Å²) in [7, 11) is 2.69. The highest BCUT2D eigenvalue weighted by molar-refractivity contribution is 6.23. The van der Waals surface area contributed by atoms with Gasteiger partial charge < -0.3 is 14.8 Å². The van der Waals surface area contributed by atoms with Crippen LogP contribution in [0.4, 0.5) is 0 Å². The molecule has 1 aliphatic rings. The monoisotopic (exact) mass is 434 g/mol. The first-order valence-corrected chi connectivity index (χ1v) is 10.3. The van der Waals surface area contributed by atoms with Crippen LogP contribution in [0.15, 0.2) is 71.5 Å². The molecule has 1 aromatic heterocycles. The average Bonchev–Trinajstić information content (AvgIpc) is 2.82. The van der Waals surface area contributed by atoms with Crippen LogP contribution >= 0.6 is 0 Å². The minimum Gasteiger partial charge on any atom is -0.489 e. The molecule has 32 heavy (non-hydrogen) atoms. The van der Waals surface area contributed by atoms with Gasteiger partial charge in [-0.15, -0.1) is 0 Å². The van der Waals surface area contributed by atoms with E-state index in [4.69, 9.17) is 9.47 Å². The number of pyridine rings is 1. The SMILES string of the molecule is COC1=C(OC)C(=O)C(Cc2ccc(CCC(=O)NCc3ccncc3)cc2)=C(C)C1=O. The van der Waals surface area contributed by atoms with Crippen molar-refractivity contribution in [2.45, 2.75) is 32.7 Å². The molecule has 0 spiro atoms. The number of rotatable bonds is 9. The lowest BCUT2D eigenvalue weighted by molar-refractivity contribution is -0.121. The van der Waals surface area contributed by atoms with E-state index in [-0.39, 0.29) is 29.0 Å². The van der Waals surface area contributed by atoms with Crippen molar-refractivity contribution in [3.05, 3.63) is 88.1 Å². The molecule has 0 unspecified atom stereocenters. The number of aryl methyl sites for hydroxylation is 1. The normalized spacial score (nSPS) is 14.0. The third-order valence-electron chi connectivity index (χ3n) is 5.38. The number of ether oxygens (including phenoxy) is 2. The minimum atomic E-state index is -0.339. The first-order valence-electron chi connectivity index (χ1n) is 10.3. The number of nitrogens with zero attached hydrogens (tertiary/aromatic N) is 1. The van der Waals surface area contributed by atoms with E-state index in [1.54, 1.807) is 19.3 Å². The van der Waals surface area contributed by atoms with Crippen LogP contribution in [-0.4, -0.2) is 36.7 Å². The lowest BCUT2D eigenvalue weighted by Crippen LogP contribution is -2.26. The van der Waals surface area contributed by atoms with Gasteiger partial charge in [-0.1, -0.05) is 24.3 Å². The van der Waals surface area contributed by atoms with Gasteiger partial charge in [-0.25, -0.2) is 0 Å². The maximum absolute atomic E-state index is 12.8. The van der Waals surface area contributed by atoms with Gasteiger partial charge in [-0.05, 0) is 42.2 Å². The molecule has 0 saturated carbocycles. The number of allylic oxidation sites excluding steroid dienone is 2. The van der Waals surface area contributed by atoms with Crippen molar-refractivity contribution in [1.82, 2.24) is 10.3 Å². The summed E-state index contributed by atoms with van der Waals surface area (Å²) in [5.41, 5.74) is 3.67. The Morgan fingerprint density at radius 2 is 1.47 bits per heavy atom. The highest BCUT2D eigenvalue weighted by Crippen LogP contribution is 2.28.